The maximum Gasteiger partial charge on any atom is 0.230 e. The first-order valence-electron chi connectivity index (χ1n) is 9.80. The largest absolute Gasteiger partial charge is 0.461 e. The van der Waals surface area contributed by atoms with Crippen LogP contribution in [0.2, 0.25) is 0 Å². The minimum atomic E-state index is -0.0134. The average Bonchev–Trinajstić information content (AvgIpc) is 3.38. The Morgan fingerprint density at radius 1 is 1.24 bits per heavy atom. The van der Waals surface area contributed by atoms with E-state index in [0.29, 0.717) is 35.6 Å². The number of amides is 1. The van der Waals surface area contributed by atoms with E-state index >= 15 is 0 Å². The first kappa shape index (κ1) is 21.0. The predicted octanol–water partition coefficient (Wildman–Crippen LogP) is 3.60. The van der Waals surface area contributed by atoms with Crippen molar-refractivity contribution in [3.8, 4) is 11.6 Å². The fourth-order valence-electron chi connectivity index (χ4n) is 3.07. The molecule has 0 aliphatic rings. The summed E-state index contributed by atoms with van der Waals surface area (Å²) < 4.78 is 7.37. The summed E-state index contributed by atoms with van der Waals surface area (Å²) in [6.07, 6.45) is 1.61. The van der Waals surface area contributed by atoms with Crippen molar-refractivity contribution >= 4 is 23.4 Å². The second kappa shape index (κ2) is 10.2. The maximum absolute atomic E-state index is 12.3. The smallest absolute Gasteiger partial charge is 0.230 e. The molecule has 154 valence electrons. The highest BCUT2D eigenvalue weighted by Crippen LogP contribution is 2.24. The third kappa shape index (κ3) is 5.41. The molecule has 1 amide bonds. The molecule has 2 heterocycles. The van der Waals surface area contributed by atoms with Crippen LogP contribution in [0.1, 0.15) is 19.4 Å². The fraction of sp³-hybridized carbons (Fsp3) is 0.381. The van der Waals surface area contributed by atoms with Gasteiger partial charge in [-0.25, -0.2) is 0 Å². The van der Waals surface area contributed by atoms with Gasteiger partial charge in [0.25, 0.3) is 0 Å². The number of hydrogen-bond donors (Lipinski definition) is 1. The number of anilines is 1. The van der Waals surface area contributed by atoms with Crippen molar-refractivity contribution in [1.82, 2.24) is 20.1 Å². The number of likely N-dealkylation sites (N-methyl/N-ethyl adjacent to an activating group) is 1. The number of aromatic nitrogens is 3. The molecule has 8 heteroatoms. The topological polar surface area (TPSA) is 76.2 Å². The van der Waals surface area contributed by atoms with Crippen molar-refractivity contribution in [3.05, 3.63) is 48.2 Å². The van der Waals surface area contributed by atoms with Gasteiger partial charge in [-0.2, -0.15) is 0 Å². The highest BCUT2D eigenvalue weighted by Gasteiger charge is 2.16. The summed E-state index contributed by atoms with van der Waals surface area (Å²) >= 11 is 1.38. The molecule has 0 saturated heterocycles. The molecule has 2 aromatic heterocycles. The van der Waals surface area contributed by atoms with Crippen molar-refractivity contribution < 1.29 is 9.21 Å². The lowest BCUT2D eigenvalue weighted by atomic mass is 10.2. The molecule has 0 spiro atoms. The van der Waals surface area contributed by atoms with Crippen LogP contribution in [0.4, 0.5) is 5.69 Å². The van der Waals surface area contributed by atoms with Crippen molar-refractivity contribution in [1.29, 1.82) is 0 Å². The van der Waals surface area contributed by atoms with Crippen LogP contribution in [0, 0.1) is 6.92 Å². The van der Waals surface area contributed by atoms with Crippen molar-refractivity contribution in [2.24, 2.45) is 0 Å². The maximum atomic E-state index is 12.3. The number of carbonyl (C=O) groups is 1. The van der Waals surface area contributed by atoms with E-state index in [2.05, 4.69) is 58.5 Å². The highest BCUT2D eigenvalue weighted by molar-refractivity contribution is 7.99. The zero-order valence-electron chi connectivity index (χ0n) is 17.1. The Balaban J connectivity index is 1.49. The molecular formula is C21H27N5O2S. The van der Waals surface area contributed by atoms with Crippen LogP contribution >= 0.6 is 11.8 Å². The monoisotopic (exact) mass is 413 g/mol. The third-order valence-electron chi connectivity index (χ3n) is 4.56. The number of thioether (sulfide) groups is 1. The van der Waals surface area contributed by atoms with Gasteiger partial charge in [0.05, 0.1) is 12.0 Å². The standard InChI is InChI=1S/C21H27N5O2S/c1-4-25(17-9-6-8-16(3)14-17)12-11-22-19(27)15-29-21-24-23-20(26(21)5-2)18-10-7-13-28-18/h6-10,13-14H,4-5,11-12,15H2,1-3H3,(H,22,27). The summed E-state index contributed by atoms with van der Waals surface area (Å²) in [5.41, 5.74) is 2.41. The van der Waals surface area contributed by atoms with Gasteiger partial charge in [0.2, 0.25) is 5.91 Å². The van der Waals surface area contributed by atoms with Gasteiger partial charge in [0.15, 0.2) is 16.7 Å². The fourth-order valence-corrected chi connectivity index (χ4v) is 3.91. The van der Waals surface area contributed by atoms with Crippen LogP contribution in [-0.4, -0.2) is 46.1 Å². The average molecular weight is 414 g/mol. The molecule has 1 aromatic carbocycles. The van der Waals surface area contributed by atoms with Gasteiger partial charge < -0.3 is 14.6 Å². The molecule has 1 N–H and O–H groups in total. The number of aryl methyl sites for hydroxylation is 1. The number of furan rings is 1. The molecule has 29 heavy (non-hydrogen) atoms. The number of nitrogens with zero attached hydrogens (tertiary/aromatic N) is 4. The zero-order chi connectivity index (χ0) is 20.6. The van der Waals surface area contributed by atoms with E-state index in [1.165, 1.54) is 23.0 Å². The lowest BCUT2D eigenvalue weighted by molar-refractivity contribution is -0.118. The van der Waals surface area contributed by atoms with Crippen molar-refractivity contribution in [3.63, 3.8) is 0 Å². The summed E-state index contributed by atoms with van der Waals surface area (Å²) in [6, 6.07) is 12.1. The van der Waals surface area contributed by atoms with Crippen LogP contribution in [0.3, 0.4) is 0 Å². The molecule has 7 nitrogen and oxygen atoms in total. The van der Waals surface area contributed by atoms with E-state index in [-0.39, 0.29) is 5.91 Å². The SMILES string of the molecule is CCN(CCNC(=O)CSc1nnc(-c2ccco2)n1CC)c1cccc(C)c1. The first-order valence-corrected chi connectivity index (χ1v) is 10.8. The van der Waals surface area contributed by atoms with Gasteiger partial charge in [0, 0.05) is 31.9 Å². The van der Waals surface area contributed by atoms with E-state index in [4.69, 9.17) is 4.42 Å². The number of nitrogens with one attached hydrogen (secondary N) is 1. The molecule has 0 saturated carbocycles. The highest BCUT2D eigenvalue weighted by atomic mass is 32.2. The second-order valence-corrected chi connectivity index (χ2v) is 7.53. The minimum absolute atomic E-state index is 0.0134. The van der Waals surface area contributed by atoms with E-state index < -0.39 is 0 Å². The Bertz CT molecular complexity index is 923. The van der Waals surface area contributed by atoms with Gasteiger partial charge >= 0.3 is 0 Å². The number of hydrogen-bond acceptors (Lipinski definition) is 6. The quantitative estimate of drug-likeness (QED) is 0.512. The van der Waals surface area contributed by atoms with Crippen LogP contribution < -0.4 is 10.2 Å². The lowest BCUT2D eigenvalue weighted by Gasteiger charge is -2.23. The first-order chi connectivity index (χ1) is 14.1. The van der Waals surface area contributed by atoms with Crippen LogP contribution in [0.25, 0.3) is 11.6 Å². The molecule has 0 unspecified atom stereocenters. The van der Waals surface area contributed by atoms with Gasteiger partial charge in [-0.1, -0.05) is 23.9 Å². The van der Waals surface area contributed by atoms with E-state index in [9.17, 15) is 4.79 Å². The third-order valence-corrected chi connectivity index (χ3v) is 5.53. The van der Waals surface area contributed by atoms with Gasteiger partial charge in [-0.15, -0.1) is 10.2 Å². The van der Waals surface area contributed by atoms with Gasteiger partial charge in [-0.05, 0) is 50.6 Å². The molecule has 0 bridgehead atoms. The number of rotatable bonds is 10. The van der Waals surface area contributed by atoms with Crippen molar-refractivity contribution in [2.75, 3.05) is 30.3 Å². The summed E-state index contributed by atoms with van der Waals surface area (Å²) in [5.74, 6) is 1.64. The van der Waals surface area contributed by atoms with E-state index in [1.54, 1.807) is 6.26 Å². The summed E-state index contributed by atoms with van der Waals surface area (Å²) in [7, 11) is 0. The Morgan fingerprint density at radius 2 is 2.10 bits per heavy atom. The molecule has 3 aromatic rings. The number of benzene rings is 1. The molecule has 0 fully saturated rings. The van der Waals surface area contributed by atoms with E-state index in [1.807, 2.05) is 23.6 Å². The van der Waals surface area contributed by atoms with Crippen LogP contribution in [0.15, 0.2) is 52.2 Å². The van der Waals surface area contributed by atoms with Gasteiger partial charge in [0.1, 0.15) is 0 Å². The normalized spacial score (nSPS) is 10.9. The van der Waals surface area contributed by atoms with Crippen molar-refractivity contribution in [2.45, 2.75) is 32.5 Å². The van der Waals surface area contributed by atoms with Crippen LogP contribution in [-0.2, 0) is 11.3 Å². The zero-order valence-corrected chi connectivity index (χ0v) is 17.9. The summed E-state index contributed by atoms with van der Waals surface area (Å²) in [5, 5.41) is 12.1. The Morgan fingerprint density at radius 3 is 2.79 bits per heavy atom. The Hall–Kier alpha value is -2.74. The minimum Gasteiger partial charge on any atom is -0.461 e. The number of carbonyl (C=O) groups excluding carboxylic acids is 1. The van der Waals surface area contributed by atoms with Crippen LogP contribution in [0.5, 0.6) is 0 Å². The molecule has 3 rings (SSSR count). The van der Waals surface area contributed by atoms with Gasteiger partial charge in [-0.3, -0.25) is 9.36 Å². The van der Waals surface area contributed by atoms with E-state index in [0.717, 1.165) is 13.1 Å². The summed E-state index contributed by atoms with van der Waals surface area (Å²) in [4.78, 5) is 14.5. The molecule has 0 radical (unpaired) electrons. The molecular weight excluding hydrogens is 386 g/mol. The predicted molar refractivity (Wildman–Crippen MR) is 116 cm³/mol. The molecule has 0 aliphatic carbocycles. The Kier molecular flexibility index (Phi) is 7.35. The summed E-state index contributed by atoms with van der Waals surface area (Å²) in [6.45, 7) is 9.18. The molecule has 0 aliphatic heterocycles. The second-order valence-electron chi connectivity index (χ2n) is 6.59. The molecule has 0 atom stereocenters. The lowest BCUT2D eigenvalue weighted by Crippen LogP contribution is -2.35. The Labute approximate surface area is 175 Å².